The molecule has 100 valence electrons. The third kappa shape index (κ3) is 2.59. The van der Waals surface area contributed by atoms with Crippen LogP contribution in [0.15, 0.2) is 18.2 Å². The fourth-order valence-corrected chi connectivity index (χ4v) is 2.03. The number of carbonyl (C=O) groups is 1. The molecular formula is C14H16N2O3. The summed E-state index contributed by atoms with van der Waals surface area (Å²) in [6.45, 7) is 3.85. The number of aliphatic carboxylic acids is 1. The zero-order chi connectivity index (χ0) is 14.0. The Labute approximate surface area is 111 Å². The van der Waals surface area contributed by atoms with Crippen molar-refractivity contribution in [1.29, 1.82) is 0 Å². The Bertz CT molecular complexity index is 617. The van der Waals surface area contributed by atoms with Crippen LogP contribution in [0.25, 0.3) is 11.3 Å². The summed E-state index contributed by atoms with van der Waals surface area (Å²) in [5.74, 6) is -0.156. The van der Waals surface area contributed by atoms with Crippen molar-refractivity contribution in [2.24, 2.45) is 0 Å². The smallest absolute Gasteiger partial charge is 0.309 e. The molecule has 0 saturated carbocycles. The Morgan fingerprint density at radius 1 is 1.42 bits per heavy atom. The zero-order valence-electron chi connectivity index (χ0n) is 11.2. The Balaban J connectivity index is 2.50. The van der Waals surface area contributed by atoms with E-state index in [1.807, 2.05) is 32.0 Å². The van der Waals surface area contributed by atoms with Crippen LogP contribution in [0.1, 0.15) is 16.8 Å². The first-order chi connectivity index (χ1) is 9.02. The number of aryl methyl sites for hydroxylation is 1. The second-order valence-electron chi connectivity index (χ2n) is 4.45. The first-order valence-corrected chi connectivity index (χ1v) is 5.93. The van der Waals surface area contributed by atoms with Crippen LogP contribution in [-0.2, 0) is 11.2 Å². The van der Waals surface area contributed by atoms with Crippen LogP contribution in [-0.4, -0.2) is 28.4 Å². The number of carboxylic acid groups (broad SMARTS) is 1. The molecule has 0 aliphatic heterocycles. The summed E-state index contributed by atoms with van der Waals surface area (Å²) in [7, 11) is 1.61. The van der Waals surface area contributed by atoms with Gasteiger partial charge < -0.3 is 9.84 Å². The quantitative estimate of drug-likeness (QED) is 0.884. The van der Waals surface area contributed by atoms with Crippen LogP contribution in [0.2, 0.25) is 0 Å². The first-order valence-electron chi connectivity index (χ1n) is 5.93. The van der Waals surface area contributed by atoms with Crippen molar-refractivity contribution >= 4 is 5.97 Å². The highest BCUT2D eigenvalue weighted by molar-refractivity contribution is 5.74. The Hall–Kier alpha value is -2.30. The number of nitrogens with one attached hydrogen (secondary N) is 1. The van der Waals surface area contributed by atoms with Gasteiger partial charge in [-0.1, -0.05) is 11.6 Å². The molecule has 1 aromatic carbocycles. The van der Waals surface area contributed by atoms with Gasteiger partial charge in [0, 0.05) is 11.3 Å². The molecule has 1 heterocycles. The number of benzene rings is 1. The highest BCUT2D eigenvalue weighted by Crippen LogP contribution is 2.32. The van der Waals surface area contributed by atoms with E-state index < -0.39 is 5.97 Å². The van der Waals surface area contributed by atoms with Crippen molar-refractivity contribution < 1.29 is 14.6 Å². The predicted octanol–water partition coefficient (Wildman–Crippen LogP) is 2.33. The summed E-state index contributed by atoms with van der Waals surface area (Å²) < 4.78 is 5.33. The number of methoxy groups -OCH3 is 1. The molecule has 1 aromatic heterocycles. The van der Waals surface area contributed by atoms with Crippen LogP contribution in [0.4, 0.5) is 0 Å². The Morgan fingerprint density at radius 3 is 2.79 bits per heavy atom. The van der Waals surface area contributed by atoms with Gasteiger partial charge in [0.1, 0.15) is 5.75 Å². The fraction of sp³-hybridized carbons (Fsp3) is 0.286. The standard InChI is InChI=1S/C14H16N2O3/c1-8-4-5-12(19-3)10(6-8)14-9(2)11(15-16-14)7-13(17)18/h4-6H,7H2,1-3H3,(H,15,16)(H,17,18). The van der Waals surface area contributed by atoms with Crippen molar-refractivity contribution in [3.05, 3.63) is 35.0 Å². The molecule has 5 nitrogen and oxygen atoms in total. The molecular weight excluding hydrogens is 244 g/mol. The van der Waals surface area contributed by atoms with Gasteiger partial charge in [-0.15, -0.1) is 0 Å². The summed E-state index contributed by atoms with van der Waals surface area (Å²) in [5, 5.41) is 15.9. The van der Waals surface area contributed by atoms with Crippen molar-refractivity contribution in [3.8, 4) is 17.0 Å². The van der Waals surface area contributed by atoms with Crippen LogP contribution in [0.5, 0.6) is 5.75 Å². The van der Waals surface area contributed by atoms with E-state index in [9.17, 15) is 4.79 Å². The van der Waals surface area contributed by atoms with E-state index >= 15 is 0 Å². The highest BCUT2D eigenvalue weighted by atomic mass is 16.5. The molecule has 0 amide bonds. The highest BCUT2D eigenvalue weighted by Gasteiger charge is 2.16. The van der Waals surface area contributed by atoms with Crippen molar-refractivity contribution in [2.75, 3.05) is 7.11 Å². The van der Waals surface area contributed by atoms with Crippen LogP contribution in [0, 0.1) is 13.8 Å². The van der Waals surface area contributed by atoms with Crippen LogP contribution < -0.4 is 4.74 Å². The van der Waals surface area contributed by atoms with E-state index in [-0.39, 0.29) is 6.42 Å². The van der Waals surface area contributed by atoms with E-state index in [4.69, 9.17) is 9.84 Å². The van der Waals surface area contributed by atoms with Crippen LogP contribution >= 0.6 is 0 Å². The molecule has 0 atom stereocenters. The molecule has 0 aliphatic rings. The van der Waals surface area contributed by atoms with Gasteiger partial charge in [0.25, 0.3) is 0 Å². The van der Waals surface area contributed by atoms with Gasteiger partial charge >= 0.3 is 5.97 Å². The summed E-state index contributed by atoms with van der Waals surface area (Å²) in [6.07, 6.45) is -0.0625. The lowest BCUT2D eigenvalue weighted by atomic mass is 10.0. The molecule has 0 fully saturated rings. The summed E-state index contributed by atoms with van der Waals surface area (Å²) in [5.41, 5.74) is 4.15. The number of rotatable bonds is 4. The van der Waals surface area contributed by atoms with E-state index in [1.165, 1.54) is 0 Å². The molecule has 0 aliphatic carbocycles. The molecule has 2 aromatic rings. The van der Waals surface area contributed by atoms with Gasteiger partial charge in [0.05, 0.1) is 19.2 Å². The maximum absolute atomic E-state index is 10.8. The van der Waals surface area contributed by atoms with Crippen LogP contribution in [0.3, 0.4) is 0 Å². The molecule has 2 rings (SSSR count). The SMILES string of the molecule is COc1ccc(C)cc1-c1n[nH]c(CC(=O)O)c1C. The Kier molecular flexibility index (Phi) is 3.55. The lowest BCUT2D eigenvalue weighted by Gasteiger charge is -2.08. The third-order valence-corrected chi connectivity index (χ3v) is 3.05. The number of carboxylic acids is 1. The monoisotopic (exact) mass is 260 g/mol. The van der Waals surface area contributed by atoms with Gasteiger partial charge in [-0.2, -0.15) is 5.10 Å². The molecule has 0 spiro atoms. The average molecular weight is 260 g/mol. The third-order valence-electron chi connectivity index (χ3n) is 3.05. The van der Waals surface area contributed by atoms with Gasteiger partial charge in [-0.25, -0.2) is 0 Å². The van der Waals surface area contributed by atoms with Crippen molar-refractivity contribution in [2.45, 2.75) is 20.3 Å². The van der Waals surface area contributed by atoms with E-state index in [2.05, 4.69) is 10.2 Å². The molecule has 5 heteroatoms. The lowest BCUT2D eigenvalue weighted by molar-refractivity contribution is -0.136. The normalized spacial score (nSPS) is 10.5. The Morgan fingerprint density at radius 2 is 2.16 bits per heavy atom. The molecule has 19 heavy (non-hydrogen) atoms. The molecule has 0 unspecified atom stereocenters. The maximum Gasteiger partial charge on any atom is 0.309 e. The van der Waals surface area contributed by atoms with E-state index in [0.29, 0.717) is 5.69 Å². The van der Waals surface area contributed by atoms with Crippen molar-refractivity contribution in [3.63, 3.8) is 0 Å². The topological polar surface area (TPSA) is 75.2 Å². The first kappa shape index (κ1) is 13.1. The summed E-state index contributed by atoms with van der Waals surface area (Å²) >= 11 is 0. The molecule has 0 saturated heterocycles. The number of hydrogen-bond acceptors (Lipinski definition) is 3. The number of H-pyrrole nitrogens is 1. The van der Waals surface area contributed by atoms with Gasteiger partial charge in [-0.05, 0) is 31.5 Å². The minimum atomic E-state index is -0.880. The number of aromatic amines is 1. The zero-order valence-corrected chi connectivity index (χ0v) is 11.2. The number of aromatic nitrogens is 2. The number of hydrogen-bond donors (Lipinski definition) is 2. The largest absolute Gasteiger partial charge is 0.496 e. The molecule has 0 radical (unpaired) electrons. The van der Waals surface area contributed by atoms with Gasteiger partial charge in [0.2, 0.25) is 0 Å². The summed E-state index contributed by atoms with van der Waals surface area (Å²) in [6, 6.07) is 5.82. The van der Waals surface area contributed by atoms with Gasteiger partial charge in [0.15, 0.2) is 0 Å². The minimum absolute atomic E-state index is 0.0625. The minimum Gasteiger partial charge on any atom is -0.496 e. The predicted molar refractivity (Wildman–Crippen MR) is 71.4 cm³/mol. The van der Waals surface area contributed by atoms with Crippen molar-refractivity contribution in [1.82, 2.24) is 10.2 Å². The maximum atomic E-state index is 10.8. The number of ether oxygens (including phenoxy) is 1. The second-order valence-corrected chi connectivity index (χ2v) is 4.45. The lowest BCUT2D eigenvalue weighted by Crippen LogP contribution is -2.01. The second kappa shape index (κ2) is 5.14. The fourth-order valence-electron chi connectivity index (χ4n) is 2.03. The average Bonchev–Trinajstić information content (AvgIpc) is 2.70. The molecule has 2 N–H and O–H groups in total. The van der Waals surface area contributed by atoms with E-state index in [1.54, 1.807) is 7.11 Å². The number of nitrogens with zero attached hydrogens (tertiary/aromatic N) is 1. The van der Waals surface area contributed by atoms with E-state index in [0.717, 1.165) is 28.1 Å². The molecule has 0 bridgehead atoms. The van der Waals surface area contributed by atoms with Gasteiger partial charge in [-0.3, -0.25) is 9.89 Å². The summed E-state index contributed by atoms with van der Waals surface area (Å²) in [4.78, 5) is 10.8.